The largest absolute Gasteiger partial charge is 0.481 e. The van der Waals surface area contributed by atoms with Crippen LogP contribution >= 0.6 is 0 Å². The fourth-order valence-electron chi connectivity index (χ4n) is 9.29. The minimum atomic E-state index is -0.678. The van der Waals surface area contributed by atoms with Gasteiger partial charge in [-0.05, 0) is 110 Å². The maximum absolute atomic E-state index is 11.2. The van der Waals surface area contributed by atoms with E-state index >= 15 is 0 Å². The Bertz CT molecular complexity index is 669. The first-order valence-electron chi connectivity index (χ1n) is 12.9. The van der Waals surface area contributed by atoms with Gasteiger partial charge in [0.2, 0.25) is 0 Å². The number of carboxylic acid groups (broad SMARTS) is 1. The second kappa shape index (κ2) is 9.52. The van der Waals surface area contributed by atoms with E-state index in [1.54, 1.807) is 7.11 Å². The highest BCUT2D eigenvalue weighted by Gasteiger charge is 2.63. The molecule has 4 aliphatic carbocycles. The van der Waals surface area contributed by atoms with Crippen molar-refractivity contribution in [3.63, 3.8) is 0 Å². The Morgan fingerprint density at radius 3 is 2.47 bits per heavy atom. The summed E-state index contributed by atoms with van der Waals surface area (Å²) in [4.78, 5) is 27.0. The molecule has 2 N–H and O–H groups in total. The molecule has 0 spiro atoms. The van der Waals surface area contributed by atoms with Gasteiger partial charge in [-0.15, -0.1) is 0 Å². The van der Waals surface area contributed by atoms with Crippen molar-refractivity contribution < 1.29 is 29.8 Å². The average molecular weight is 453 g/mol. The predicted molar refractivity (Wildman–Crippen MR) is 121 cm³/mol. The first-order valence-corrected chi connectivity index (χ1v) is 12.9. The van der Waals surface area contributed by atoms with E-state index in [1.165, 1.54) is 32.1 Å². The van der Waals surface area contributed by atoms with Gasteiger partial charge in [-0.2, -0.15) is 0 Å². The Balaban J connectivity index is 1.57. The SMILES string of the molecule is COO[C@@H]1C[C@@H]2C[C@H](COO)CC[C@]2(C)[C@H]2CC[C@]3(C)[C@@H]([C@H](C)CCC(=O)O)CC[C@H]3[C@H]12. The van der Waals surface area contributed by atoms with Crippen molar-refractivity contribution in [2.75, 3.05) is 13.7 Å². The van der Waals surface area contributed by atoms with Crippen LogP contribution in [0.3, 0.4) is 0 Å². The van der Waals surface area contributed by atoms with Crippen LogP contribution in [-0.2, 0) is 19.5 Å². The van der Waals surface area contributed by atoms with E-state index in [9.17, 15) is 9.90 Å². The summed E-state index contributed by atoms with van der Waals surface area (Å²) < 4.78 is 0. The molecule has 0 aromatic rings. The fourth-order valence-corrected chi connectivity index (χ4v) is 9.29. The molecule has 6 heteroatoms. The topological polar surface area (TPSA) is 85.2 Å². The third kappa shape index (κ3) is 4.14. The number of rotatable bonds is 8. The molecule has 0 unspecified atom stereocenters. The summed E-state index contributed by atoms with van der Waals surface area (Å²) in [7, 11) is 1.64. The van der Waals surface area contributed by atoms with Crippen molar-refractivity contribution in [2.24, 2.45) is 52.3 Å². The molecule has 6 nitrogen and oxygen atoms in total. The highest BCUT2D eigenvalue weighted by atomic mass is 17.2. The van der Waals surface area contributed by atoms with Gasteiger partial charge >= 0.3 is 5.97 Å². The van der Waals surface area contributed by atoms with Crippen molar-refractivity contribution in [3.8, 4) is 0 Å². The smallest absolute Gasteiger partial charge is 0.303 e. The molecule has 0 saturated heterocycles. The highest BCUT2D eigenvalue weighted by molar-refractivity contribution is 5.66. The van der Waals surface area contributed by atoms with E-state index in [4.69, 9.17) is 15.0 Å². The summed E-state index contributed by atoms with van der Waals surface area (Å²) in [5.74, 6) is 3.14. The van der Waals surface area contributed by atoms with Gasteiger partial charge in [-0.25, -0.2) is 14.7 Å². The second-order valence-corrected chi connectivity index (χ2v) is 12.1. The van der Waals surface area contributed by atoms with Crippen molar-refractivity contribution in [1.82, 2.24) is 0 Å². The highest BCUT2D eigenvalue weighted by Crippen LogP contribution is 2.69. The van der Waals surface area contributed by atoms with E-state index in [1.807, 2.05) is 0 Å². The Morgan fingerprint density at radius 1 is 1.06 bits per heavy atom. The quantitative estimate of drug-likeness (QED) is 0.357. The lowest BCUT2D eigenvalue weighted by atomic mass is 9.43. The van der Waals surface area contributed by atoms with Crippen LogP contribution in [0.4, 0.5) is 0 Å². The van der Waals surface area contributed by atoms with Gasteiger partial charge in [-0.3, -0.25) is 10.1 Å². The van der Waals surface area contributed by atoms with Gasteiger partial charge in [0.15, 0.2) is 0 Å². The molecule has 0 amide bonds. The summed E-state index contributed by atoms with van der Waals surface area (Å²) >= 11 is 0. The van der Waals surface area contributed by atoms with Gasteiger partial charge < -0.3 is 5.11 Å². The van der Waals surface area contributed by atoms with Crippen LogP contribution in [0.5, 0.6) is 0 Å². The minimum absolute atomic E-state index is 0.120. The van der Waals surface area contributed by atoms with Crippen LogP contribution in [-0.4, -0.2) is 36.2 Å². The molecule has 4 fully saturated rings. The molecule has 0 bridgehead atoms. The van der Waals surface area contributed by atoms with Crippen LogP contribution < -0.4 is 0 Å². The summed E-state index contributed by atoms with van der Waals surface area (Å²) in [6.45, 7) is 7.74. The number of aliphatic carboxylic acids is 1. The van der Waals surface area contributed by atoms with E-state index in [0.717, 1.165) is 25.7 Å². The number of carboxylic acids is 1. The number of carbonyl (C=O) groups is 1. The second-order valence-electron chi connectivity index (χ2n) is 12.1. The molecular formula is C26H44O6. The predicted octanol–water partition coefficient (Wildman–Crippen LogP) is 5.81. The monoisotopic (exact) mass is 452 g/mol. The molecule has 10 atom stereocenters. The maximum atomic E-state index is 11.2. The normalized spacial score (nSPS) is 46.7. The molecule has 4 aliphatic rings. The van der Waals surface area contributed by atoms with Crippen LogP contribution in [0.2, 0.25) is 0 Å². The summed E-state index contributed by atoms with van der Waals surface area (Å²) in [6.07, 6.45) is 10.5. The zero-order valence-electron chi connectivity index (χ0n) is 20.4. The lowest BCUT2D eigenvalue weighted by molar-refractivity contribution is -0.345. The molecule has 0 heterocycles. The van der Waals surface area contributed by atoms with E-state index in [-0.39, 0.29) is 17.9 Å². The van der Waals surface area contributed by atoms with Crippen LogP contribution in [0, 0.1) is 52.3 Å². The Kier molecular flexibility index (Phi) is 7.27. The van der Waals surface area contributed by atoms with Crippen LogP contribution in [0.25, 0.3) is 0 Å². The van der Waals surface area contributed by atoms with Crippen LogP contribution in [0.15, 0.2) is 0 Å². The number of fused-ring (bicyclic) bond motifs is 5. The maximum Gasteiger partial charge on any atom is 0.303 e. The Hall–Kier alpha value is -0.690. The molecule has 184 valence electrons. The van der Waals surface area contributed by atoms with Gasteiger partial charge in [0.05, 0.1) is 19.8 Å². The van der Waals surface area contributed by atoms with Crippen molar-refractivity contribution >= 4 is 5.97 Å². The molecule has 0 aromatic heterocycles. The molecule has 4 rings (SSSR count). The van der Waals surface area contributed by atoms with E-state index in [2.05, 4.69) is 25.7 Å². The van der Waals surface area contributed by atoms with Gasteiger partial charge in [0, 0.05) is 6.42 Å². The van der Waals surface area contributed by atoms with Crippen molar-refractivity contribution in [3.05, 3.63) is 0 Å². The first-order chi connectivity index (χ1) is 15.2. The number of hydrogen-bond donors (Lipinski definition) is 2. The summed E-state index contributed by atoms with van der Waals surface area (Å²) in [6, 6.07) is 0. The van der Waals surface area contributed by atoms with E-state index < -0.39 is 5.97 Å². The Labute approximate surface area is 193 Å². The molecular weight excluding hydrogens is 408 g/mol. The molecule has 32 heavy (non-hydrogen) atoms. The summed E-state index contributed by atoms with van der Waals surface area (Å²) in [5.41, 5.74) is 0.581. The van der Waals surface area contributed by atoms with Gasteiger partial charge in [0.1, 0.15) is 0 Å². The van der Waals surface area contributed by atoms with Gasteiger partial charge in [0.25, 0.3) is 0 Å². The van der Waals surface area contributed by atoms with Crippen molar-refractivity contribution in [1.29, 1.82) is 0 Å². The van der Waals surface area contributed by atoms with E-state index in [0.29, 0.717) is 53.4 Å². The van der Waals surface area contributed by atoms with Crippen LogP contribution in [0.1, 0.15) is 85.0 Å². The fraction of sp³-hybridized carbons (Fsp3) is 0.962. The Morgan fingerprint density at radius 2 is 1.78 bits per heavy atom. The first kappa shape index (κ1) is 24.4. The molecule has 0 aliphatic heterocycles. The lowest BCUT2D eigenvalue weighted by Gasteiger charge is -2.63. The minimum Gasteiger partial charge on any atom is -0.481 e. The number of hydrogen-bond acceptors (Lipinski definition) is 5. The molecule has 0 aromatic carbocycles. The molecule has 0 radical (unpaired) electrons. The third-order valence-electron chi connectivity index (χ3n) is 10.9. The third-order valence-corrected chi connectivity index (χ3v) is 10.9. The summed E-state index contributed by atoms with van der Waals surface area (Å²) in [5, 5.41) is 18.2. The standard InChI is InChI=1S/C26H44O6/c1-16(5-8-23(27)28)19-6-7-20-24-21(10-12-26(19,20)3)25(2)11-9-17(15-31-29)13-18(25)14-22(24)32-30-4/h16-22,24,29H,5-15H2,1-4H3,(H,27,28)/t16-,17-,18+,19-,20+,21+,22-,24+,25+,26-/m1/s1. The zero-order chi connectivity index (χ0) is 23.1. The zero-order valence-corrected chi connectivity index (χ0v) is 20.4. The average Bonchev–Trinajstić information content (AvgIpc) is 3.10. The van der Waals surface area contributed by atoms with Crippen molar-refractivity contribution in [2.45, 2.75) is 91.1 Å². The van der Waals surface area contributed by atoms with Gasteiger partial charge in [-0.1, -0.05) is 20.8 Å². The lowest BCUT2D eigenvalue weighted by Crippen LogP contribution is -2.59. The molecule has 4 saturated carbocycles.